The number of carbonyl (C=O) groups is 1. The molecular formula is C17H25N5O2S. The highest BCUT2D eigenvalue weighted by atomic mass is 32.2. The van der Waals surface area contributed by atoms with Gasteiger partial charge in [-0.2, -0.15) is 4.68 Å². The normalized spacial score (nSPS) is 12.2. The highest BCUT2D eigenvalue weighted by Gasteiger charge is 2.13. The lowest BCUT2D eigenvalue weighted by Crippen LogP contribution is -2.34. The van der Waals surface area contributed by atoms with Crippen molar-refractivity contribution >= 4 is 17.7 Å². The predicted octanol–water partition coefficient (Wildman–Crippen LogP) is 2.70. The molecule has 25 heavy (non-hydrogen) atoms. The third-order valence-electron chi connectivity index (χ3n) is 3.67. The molecule has 8 heteroatoms. The monoisotopic (exact) mass is 363 g/mol. The minimum absolute atomic E-state index is 0.00876. The quantitative estimate of drug-likeness (QED) is 0.690. The van der Waals surface area contributed by atoms with E-state index in [4.69, 9.17) is 4.74 Å². The molecule has 0 saturated heterocycles. The standard InChI is InChI=1S/C17H25N5O2S/c1-12(2)5-6-13(3)18-16(23)11-25-17-19-20-21-22(17)14-7-9-15(24-4)10-8-14/h7-10,12-13H,5-6,11H2,1-4H3,(H,18,23)/t13-/m0/s1. The number of carbonyl (C=O) groups excluding carboxylic acids is 1. The number of rotatable bonds is 9. The summed E-state index contributed by atoms with van der Waals surface area (Å²) >= 11 is 1.32. The zero-order chi connectivity index (χ0) is 18.2. The van der Waals surface area contributed by atoms with E-state index < -0.39 is 0 Å². The second-order valence-electron chi connectivity index (χ2n) is 6.30. The van der Waals surface area contributed by atoms with Crippen molar-refractivity contribution in [2.45, 2.75) is 44.8 Å². The molecule has 0 saturated carbocycles. The SMILES string of the molecule is COc1ccc(-n2nnnc2SCC(=O)N[C@@H](C)CCC(C)C)cc1. The van der Waals surface area contributed by atoms with Crippen molar-refractivity contribution < 1.29 is 9.53 Å². The largest absolute Gasteiger partial charge is 0.497 e. The number of tetrazole rings is 1. The highest BCUT2D eigenvalue weighted by Crippen LogP contribution is 2.20. The van der Waals surface area contributed by atoms with Gasteiger partial charge in [0.15, 0.2) is 0 Å². The van der Waals surface area contributed by atoms with Crippen LogP contribution >= 0.6 is 11.8 Å². The summed E-state index contributed by atoms with van der Waals surface area (Å²) in [5.41, 5.74) is 0.819. The van der Waals surface area contributed by atoms with Crippen LogP contribution in [0.5, 0.6) is 5.75 Å². The van der Waals surface area contributed by atoms with Crippen molar-refractivity contribution in [3.8, 4) is 11.4 Å². The summed E-state index contributed by atoms with van der Waals surface area (Å²) < 4.78 is 6.76. The Labute approximate surface area is 152 Å². The lowest BCUT2D eigenvalue weighted by atomic mass is 10.0. The number of hydrogen-bond donors (Lipinski definition) is 1. The van der Waals surface area contributed by atoms with E-state index >= 15 is 0 Å². The Bertz CT molecular complexity index is 672. The summed E-state index contributed by atoms with van der Waals surface area (Å²) in [6, 6.07) is 7.59. The van der Waals surface area contributed by atoms with Crippen molar-refractivity contribution in [1.82, 2.24) is 25.5 Å². The minimum Gasteiger partial charge on any atom is -0.497 e. The Kier molecular flexibility index (Phi) is 7.24. The summed E-state index contributed by atoms with van der Waals surface area (Å²) in [4.78, 5) is 12.1. The van der Waals surface area contributed by atoms with Crippen LogP contribution in [-0.4, -0.2) is 45.0 Å². The van der Waals surface area contributed by atoms with Crippen LogP contribution in [0.25, 0.3) is 5.69 Å². The van der Waals surface area contributed by atoms with Gasteiger partial charge < -0.3 is 10.1 Å². The first-order valence-corrected chi connectivity index (χ1v) is 9.33. The van der Waals surface area contributed by atoms with Crippen molar-refractivity contribution in [2.75, 3.05) is 12.9 Å². The fourth-order valence-electron chi connectivity index (χ4n) is 2.26. The second-order valence-corrected chi connectivity index (χ2v) is 7.24. The molecule has 1 aromatic heterocycles. The predicted molar refractivity (Wildman–Crippen MR) is 98.1 cm³/mol. The van der Waals surface area contributed by atoms with Crippen molar-refractivity contribution in [2.24, 2.45) is 5.92 Å². The maximum atomic E-state index is 12.1. The van der Waals surface area contributed by atoms with Crippen LogP contribution in [0.4, 0.5) is 0 Å². The minimum atomic E-state index is -0.00876. The van der Waals surface area contributed by atoms with Gasteiger partial charge in [-0.15, -0.1) is 5.10 Å². The molecule has 2 rings (SSSR count). The van der Waals surface area contributed by atoms with E-state index in [9.17, 15) is 4.79 Å². The van der Waals surface area contributed by atoms with E-state index in [2.05, 4.69) is 34.7 Å². The molecule has 0 aliphatic rings. The first-order chi connectivity index (χ1) is 12.0. The third kappa shape index (κ3) is 6.04. The number of hydrogen-bond acceptors (Lipinski definition) is 6. The fraction of sp³-hybridized carbons (Fsp3) is 0.529. The molecule has 0 fully saturated rings. The number of thioether (sulfide) groups is 1. The van der Waals surface area contributed by atoms with Gasteiger partial charge in [0.25, 0.3) is 0 Å². The molecule has 1 amide bonds. The second kappa shape index (κ2) is 9.41. The van der Waals surface area contributed by atoms with E-state index in [0.29, 0.717) is 11.1 Å². The van der Waals surface area contributed by atoms with Crippen LogP contribution in [0.15, 0.2) is 29.4 Å². The Hall–Kier alpha value is -2.09. The molecule has 1 aromatic carbocycles. The fourth-order valence-corrected chi connectivity index (χ4v) is 2.96. The number of amides is 1. The summed E-state index contributed by atoms with van der Waals surface area (Å²) in [6.07, 6.45) is 2.09. The topological polar surface area (TPSA) is 81.9 Å². The van der Waals surface area contributed by atoms with Crippen LogP contribution in [0.2, 0.25) is 0 Å². The van der Waals surface area contributed by atoms with E-state index in [1.54, 1.807) is 11.8 Å². The van der Waals surface area contributed by atoms with Gasteiger partial charge in [-0.25, -0.2) is 0 Å². The smallest absolute Gasteiger partial charge is 0.230 e. The van der Waals surface area contributed by atoms with Gasteiger partial charge in [-0.1, -0.05) is 25.6 Å². The molecule has 0 aliphatic carbocycles. The van der Waals surface area contributed by atoms with Crippen LogP contribution in [-0.2, 0) is 4.79 Å². The van der Waals surface area contributed by atoms with Gasteiger partial charge >= 0.3 is 0 Å². The maximum absolute atomic E-state index is 12.1. The molecule has 0 unspecified atom stereocenters. The summed E-state index contributed by atoms with van der Waals surface area (Å²) in [6.45, 7) is 6.40. The zero-order valence-corrected chi connectivity index (χ0v) is 15.9. The van der Waals surface area contributed by atoms with Gasteiger partial charge in [0.1, 0.15) is 5.75 Å². The Morgan fingerprint density at radius 2 is 1.96 bits per heavy atom. The molecule has 0 aliphatic heterocycles. The molecule has 1 heterocycles. The highest BCUT2D eigenvalue weighted by molar-refractivity contribution is 7.99. The molecule has 1 N–H and O–H groups in total. The number of methoxy groups -OCH3 is 1. The average Bonchev–Trinajstić information content (AvgIpc) is 3.07. The van der Waals surface area contributed by atoms with Gasteiger partial charge in [-0.3, -0.25) is 4.79 Å². The number of aromatic nitrogens is 4. The van der Waals surface area contributed by atoms with E-state index in [0.717, 1.165) is 24.3 Å². The van der Waals surface area contributed by atoms with Gasteiger partial charge in [0.05, 0.1) is 18.6 Å². The molecule has 1 atom stereocenters. The number of nitrogens with zero attached hydrogens (tertiary/aromatic N) is 4. The maximum Gasteiger partial charge on any atom is 0.230 e. The molecule has 0 bridgehead atoms. The molecule has 0 radical (unpaired) electrons. The summed E-state index contributed by atoms with van der Waals surface area (Å²) in [5.74, 6) is 1.68. The first kappa shape index (κ1) is 19.2. The van der Waals surface area contributed by atoms with E-state index in [1.807, 2.05) is 31.2 Å². The number of nitrogens with one attached hydrogen (secondary N) is 1. The third-order valence-corrected chi connectivity index (χ3v) is 4.59. The van der Waals surface area contributed by atoms with Crippen LogP contribution < -0.4 is 10.1 Å². The molecule has 136 valence electrons. The molecule has 2 aromatic rings. The molecular weight excluding hydrogens is 338 g/mol. The Morgan fingerprint density at radius 3 is 2.60 bits per heavy atom. The van der Waals surface area contributed by atoms with E-state index in [1.165, 1.54) is 11.8 Å². The van der Waals surface area contributed by atoms with Crippen molar-refractivity contribution in [3.63, 3.8) is 0 Å². The lowest BCUT2D eigenvalue weighted by molar-refractivity contribution is -0.119. The van der Waals surface area contributed by atoms with Crippen LogP contribution in [0, 0.1) is 5.92 Å². The van der Waals surface area contributed by atoms with Gasteiger partial charge in [-0.05, 0) is 60.4 Å². The van der Waals surface area contributed by atoms with Crippen LogP contribution in [0.1, 0.15) is 33.6 Å². The first-order valence-electron chi connectivity index (χ1n) is 8.34. The Morgan fingerprint density at radius 1 is 1.24 bits per heavy atom. The number of ether oxygens (including phenoxy) is 1. The molecule has 7 nitrogen and oxygen atoms in total. The average molecular weight is 363 g/mol. The van der Waals surface area contributed by atoms with Crippen molar-refractivity contribution in [1.29, 1.82) is 0 Å². The van der Waals surface area contributed by atoms with Gasteiger partial charge in [0, 0.05) is 6.04 Å². The Balaban J connectivity index is 1.89. The summed E-state index contributed by atoms with van der Waals surface area (Å²) in [5, 5.41) is 15.3. The van der Waals surface area contributed by atoms with Gasteiger partial charge in [0.2, 0.25) is 11.1 Å². The summed E-state index contributed by atoms with van der Waals surface area (Å²) in [7, 11) is 1.62. The number of benzene rings is 1. The zero-order valence-electron chi connectivity index (χ0n) is 15.1. The molecule has 0 spiro atoms. The lowest BCUT2D eigenvalue weighted by Gasteiger charge is -2.14. The van der Waals surface area contributed by atoms with E-state index in [-0.39, 0.29) is 17.7 Å². The van der Waals surface area contributed by atoms with Crippen LogP contribution in [0.3, 0.4) is 0 Å². The van der Waals surface area contributed by atoms with Crippen molar-refractivity contribution in [3.05, 3.63) is 24.3 Å².